The van der Waals surface area contributed by atoms with Crippen LogP contribution in [0.2, 0.25) is 0 Å². The molecule has 0 radical (unpaired) electrons. The third kappa shape index (κ3) is 2.36. The highest BCUT2D eigenvalue weighted by molar-refractivity contribution is 5.79. The van der Waals surface area contributed by atoms with E-state index in [2.05, 4.69) is 9.97 Å². The molecule has 2 aromatic rings. The molecule has 0 saturated carbocycles. The Morgan fingerprint density at radius 1 is 1.22 bits per heavy atom. The number of nitrogens with zero attached hydrogens (tertiary/aromatic N) is 2. The minimum Gasteiger partial charge on any atom is -0.479 e. The van der Waals surface area contributed by atoms with Crippen LogP contribution in [0.15, 0.2) is 48.9 Å². The topological polar surface area (TPSA) is 83.3 Å². The van der Waals surface area contributed by atoms with Crippen molar-refractivity contribution in [1.82, 2.24) is 9.97 Å². The summed E-state index contributed by atoms with van der Waals surface area (Å²) in [6.45, 7) is 0. The first kappa shape index (κ1) is 12.2. The summed E-state index contributed by atoms with van der Waals surface area (Å²) in [6.07, 6.45) is 4.27. The van der Waals surface area contributed by atoms with Gasteiger partial charge in [0.25, 0.3) is 0 Å². The molecule has 5 heteroatoms. The lowest BCUT2D eigenvalue weighted by Gasteiger charge is -2.23. The van der Waals surface area contributed by atoms with Gasteiger partial charge in [-0.3, -0.25) is 9.97 Å². The maximum Gasteiger partial charge on any atom is 0.340 e. The van der Waals surface area contributed by atoms with Crippen molar-refractivity contribution in [3.63, 3.8) is 0 Å². The Hall–Kier alpha value is -2.27. The average molecular weight is 244 g/mol. The Kier molecular flexibility index (Phi) is 3.34. The SMILES string of the molecule is O=C(O)C(O)(Cc1cnccn1)c1ccccc1. The molecule has 2 N–H and O–H groups in total. The van der Waals surface area contributed by atoms with Crippen LogP contribution in [0, 0.1) is 0 Å². The summed E-state index contributed by atoms with van der Waals surface area (Å²) in [5.41, 5.74) is -1.24. The summed E-state index contributed by atoms with van der Waals surface area (Å²) in [4.78, 5) is 19.2. The van der Waals surface area contributed by atoms with Crippen molar-refractivity contribution in [1.29, 1.82) is 0 Å². The first-order chi connectivity index (χ1) is 8.63. The second-order valence-corrected chi connectivity index (χ2v) is 3.90. The number of rotatable bonds is 4. The van der Waals surface area contributed by atoms with E-state index in [1.165, 1.54) is 18.6 Å². The molecule has 0 amide bonds. The van der Waals surface area contributed by atoms with E-state index >= 15 is 0 Å². The highest BCUT2D eigenvalue weighted by Crippen LogP contribution is 2.25. The van der Waals surface area contributed by atoms with E-state index in [0.29, 0.717) is 11.3 Å². The predicted octanol–water partition coefficient (Wildman–Crippen LogP) is 0.992. The van der Waals surface area contributed by atoms with Crippen LogP contribution in [0.3, 0.4) is 0 Å². The molecule has 92 valence electrons. The Morgan fingerprint density at radius 2 is 1.94 bits per heavy atom. The Morgan fingerprint density at radius 3 is 2.50 bits per heavy atom. The predicted molar refractivity (Wildman–Crippen MR) is 63.7 cm³/mol. The lowest BCUT2D eigenvalue weighted by molar-refractivity contribution is -0.159. The number of carboxylic acid groups (broad SMARTS) is 1. The van der Waals surface area contributed by atoms with Crippen LogP contribution in [0.1, 0.15) is 11.3 Å². The molecule has 18 heavy (non-hydrogen) atoms. The quantitative estimate of drug-likeness (QED) is 0.838. The van der Waals surface area contributed by atoms with E-state index in [9.17, 15) is 15.0 Å². The molecule has 0 spiro atoms. The van der Waals surface area contributed by atoms with Crippen LogP contribution >= 0.6 is 0 Å². The van der Waals surface area contributed by atoms with E-state index in [-0.39, 0.29) is 6.42 Å². The van der Waals surface area contributed by atoms with Crippen LogP contribution in [-0.2, 0) is 16.8 Å². The van der Waals surface area contributed by atoms with Gasteiger partial charge in [-0.15, -0.1) is 0 Å². The number of carbonyl (C=O) groups is 1. The van der Waals surface area contributed by atoms with Crippen molar-refractivity contribution in [2.75, 3.05) is 0 Å². The summed E-state index contributed by atoms with van der Waals surface area (Å²) in [5, 5.41) is 19.6. The first-order valence-corrected chi connectivity index (χ1v) is 5.39. The number of aliphatic carboxylic acids is 1. The Balaban J connectivity index is 2.37. The average Bonchev–Trinajstić information content (AvgIpc) is 2.40. The fourth-order valence-corrected chi connectivity index (χ4v) is 1.70. The van der Waals surface area contributed by atoms with E-state index in [1.807, 2.05) is 0 Å². The number of benzene rings is 1. The van der Waals surface area contributed by atoms with Crippen LogP contribution in [0.4, 0.5) is 0 Å². The van der Waals surface area contributed by atoms with Gasteiger partial charge >= 0.3 is 5.97 Å². The normalized spacial score (nSPS) is 13.8. The zero-order valence-corrected chi connectivity index (χ0v) is 9.52. The molecule has 1 atom stereocenters. The molecule has 0 aliphatic heterocycles. The Labute approximate surface area is 104 Å². The maximum atomic E-state index is 11.3. The van der Waals surface area contributed by atoms with Crippen molar-refractivity contribution in [2.45, 2.75) is 12.0 Å². The summed E-state index contributed by atoms with van der Waals surface area (Å²) in [5.74, 6) is -1.31. The molecule has 0 bridgehead atoms. The van der Waals surface area contributed by atoms with Gasteiger partial charge in [0.05, 0.1) is 5.69 Å². The van der Waals surface area contributed by atoms with Gasteiger partial charge < -0.3 is 10.2 Å². The highest BCUT2D eigenvalue weighted by Gasteiger charge is 2.38. The molecular weight excluding hydrogens is 232 g/mol. The number of aliphatic hydroxyl groups is 1. The fourth-order valence-electron chi connectivity index (χ4n) is 1.70. The third-order valence-corrected chi connectivity index (χ3v) is 2.66. The smallest absolute Gasteiger partial charge is 0.340 e. The number of aromatic nitrogens is 2. The molecule has 0 aliphatic carbocycles. The van der Waals surface area contributed by atoms with Crippen molar-refractivity contribution in [3.05, 3.63) is 60.2 Å². The van der Waals surface area contributed by atoms with Gasteiger partial charge in [-0.25, -0.2) is 4.79 Å². The van der Waals surface area contributed by atoms with Gasteiger partial charge in [-0.2, -0.15) is 0 Å². The van der Waals surface area contributed by atoms with Crippen molar-refractivity contribution < 1.29 is 15.0 Å². The molecule has 1 unspecified atom stereocenters. The van der Waals surface area contributed by atoms with Crippen LogP contribution in [-0.4, -0.2) is 26.2 Å². The van der Waals surface area contributed by atoms with Gasteiger partial charge in [0.2, 0.25) is 0 Å². The molecule has 5 nitrogen and oxygen atoms in total. The lowest BCUT2D eigenvalue weighted by Crippen LogP contribution is -2.38. The highest BCUT2D eigenvalue weighted by atomic mass is 16.4. The van der Waals surface area contributed by atoms with Crippen molar-refractivity contribution in [3.8, 4) is 0 Å². The van der Waals surface area contributed by atoms with Crippen LogP contribution < -0.4 is 0 Å². The molecular formula is C13H12N2O3. The monoisotopic (exact) mass is 244 g/mol. The fraction of sp³-hybridized carbons (Fsp3) is 0.154. The summed E-state index contributed by atoms with van der Waals surface area (Å²) in [6, 6.07) is 8.27. The molecule has 1 aromatic heterocycles. The van der Waals surface area contributed by atoms with Gasteiger partial charge in [0.15, 0.2) is 5.60 Å². The summed E-state index contributed by atoms with van der Waals surface area (Å²) in [7, 11) is 0. The maximum absolute atomic E-state index is 11.3. The van der Waals surface area contributed by atoms with Gasteiger partial charge in [0, 0.05) is 25.0 Å². The Bertz CT molecular complexity index is 530. The largest absolute Gasteiger partial charge is 0.479 e. The second kappa shape index (κ2) is 4.93. The van der Waals surface area contributed by atoms with E-state index in [0.717, 1.165) is 0 Å². The van der Waals surface area contributed by atoms with Crippen molar-refractivity contribution >= 4 is 5.97 Å². The first-order valence-electron chi connectivity index (χ1n) is 5.39. The van der Waals surface area contributed by atoms with Crippen LogP contribution in [0.25, 0.3) is 0 Å². The summed E-state index contributed by atoms with van der Waals surface area (Å²) >= 11 is 0. The van der Waals surface area contributed by atoms with Gasteiger partial charge in [-0.1, -0.05) is 30.3 Å². The second-order valence-electron chi connectivity index (χ2n) is 3.90. The van der Waals surface area contributed by atoms with Crippen molar-refractivity contribution in [2.24, 2.45) is 0 Å². The van der Waals surface area contributed by atoms with E-state index in [4.69, 9.17) is 0 Å². The van der Waals surface area contributed by atoms with Gasteiger partial charge in [-0.05, 0) is 5.56 Å². The molecule has 2 rings (SSSR count). The molecule has 1 heterocycles. The number of carboxylic acids is 1. The van der Waals surface area contributed by atoms with E-state index in [1.54, 1.807) is 30.3 Å². The molecule has 0 aliphatic rings. The molecule has 0 saturated heterocycles. The minimum absolute atomic E-state index is 0.125. The lowest BCUT2D eigenvalue weighted by atomic mass is 9.89. The number of hydrogen-bond acceptors (Lipinski definition) is 4. The third-order valence-electron chi connectivity index (χ3n) is 2.66. The zero-order chi connectivity index (χ0) is 13.0. The molecule has 1 aromatic carbocycles. The molecule has 0 fully saturated rings. The van der Waals surface area contributed by atoms with Crippen LogP contribution in [0.5, 0.6) is 0 Å². The number of hydrogen-bond donors (Lipinski definition) is 2. The zero-order valence-electron chi connectivity index (χ0n) is 9.52. The van der Waals surface area contributed by atoms with Gasteiger partial charge in [0.1, 0.15) is 0 Å². The van der Waals surface area contributed by atoms with E-state index < -0.39 is 11.6 Å². The summed E-state index contributed by atoms with van der Waals surface area (Å²) < 4.78 is 0. The standard InChI is InChI=1S/C13H12N2O3/c16-12(17)13(18,10-4-2-1-3-5-10)8-11-9-14-6-7-15-11/h1-7,9,18H,8H2,(H,16,17). The minimum atomic E-state index is -1.99.